The zero-order valence-corrected chi connectivity index (χ0v) is 14.3. The maximum absolute atomic E-state index is 11.7. The largest absolute Gasteiger partial charge is 0.493 e. The SMILES string of the molecule is O=C1NC(=O)/C(=C\c2cc3cncc(-c4ccc5c(c4)CCO5)c3o2)S1. The molecule has 1 N–H and O–H groups in total. The lowest BCUT2D eigenvalue weighted by Crippen LogP contribution is -2.17. The number of furan rings is 1. The highest BCUT2D eigenvalue weighted by Crippen LogP contribution is 2.35. The van der Waals surface area contributed by atoms with E-state index in [0.29, 0.717) is 22.9 Å². The van der Waals surface area contributed by atoms with Gasteiger partial charge in [0.05, 0.1) is 11.5 Å². The van der Waals surface area contributed by atoms with Gasteiger partial charge in [0.1, 0.15) is 17.1 Å². The second kappa shape index (κ2) is 5.74. The van der Waals surface area contributed by atoms with Crippen LogP contribution in [0.3, 0.4) is 0 Å². The van der Waals surface area contributed by atoms with Crippen LogP contribution >= 0.6 is 11.8 Å². The summed E-state index contributed by atoms with van der Waals surface area (Å²) in [5.74, 6) is 1.02. The molecule has 2 aromatic heterocycles. The van der Waals surface area contributed by atoms with E-state index in [1.165, 1.54) is 5.56 Å². The smallest absolute Gasteiger partial charge is 0.290 e. The minimum Gasteiger partial charge on any atom is -0.493 e. The van der Waals surface area contributed by atoms with Crippen LogP contribution in [0.5, 0.6) is 5.75 Å². The number of rotatable bonds is 2. The normalized spacial score (nSPS) is 17.6. The molecule has 0 atom stereocenters. The van der Waals surface area contributed by atoms with Crippen molar-refractivity contribution in [1.82, 2.24) is 10.3 Å². The first-order valence-corrected chi connectivity index (χ1v) is 8.87. The third-order valence-corrected chi connectivity index (χ3v) is 5.17. The Morgan fingerprint density at radius 2 is 2.12 bits per heavy atom. The van der Waals surface area contributed by atoms with Crippen LogP contribution < -0.4 is 10.1 Å². The highest BCUT2D eigenvalue weighted by molar-refractivity contribution is 8.18. The summed E-state index contributed by atoms with van der Waals surface area (Å²) in [6, 6.07) is 7.86. The third-order valence-electron chi connectivity index (χ3n) is 4.36. The van der Waals surface area contributed by atoms with Crippen LogP contribution in [-0.2, 0) is 11.2 Å². The van der Waals surface area contributed by atoms with Crippen LogP contribution in [0.25, 0.3) is 28.2 Å². The number of hydrogen-bond donors (Lipinski definition) is 1. The Morgan fingerprint density at radius 3 is 2.96 bits per heavy atom. The fourth-order valence-electron chi connectivity index (χ4n) is 3.16. The second-order valence-electron chi connectivity index (χ2n) is 6.03. The van der Waals surface area contributed by atoms with E-state index < -0.39 is 5.91 Å². The Kier molecular flexibility index (Phi) is 3.36. The predicted molar refractivity (Wildman–Crippen MR) is 97.8 cm³/mol. The zero-order chi connectivity index (χ0) is 17.7. The van der Waals surface area contributed by atoms with Crippen LogP contribution in [0.15, 0.2) is 46.0 Å². The molecule has 0 saturated carbocycles. The summed E-state index contributed by atoms with van der Waals surface area (Å²) in [5, 5.41) is 2.69. The molecule has 7 heteroatoms. The number of thioether (sulfide) groups is 1. The van der Waals surface area contributed by atoms with E-state index in [1.807, 2.05) is 18.2 Å². The molecule has 0 radical (unpaired) electrons. The molecule has 4 heterocycles. The van der Waals surface area contributed by atoms with Crippen molar-refractivity contribution < 1.29 is 18.7 Å². The minimum absolute atomic E-state index is 0.318. The quantitative estimate of drug-likeness (QED) is 0.698. The van der Waals surface area contributed by atoms with Gasteiger partial charge < -0.3 is 9.15 Å². The average molecular weight is 364 g/mol. The van der Waals surface area contributed by atoms with Gasteiger partial charge in [0.15, 0.2) is 0 Å². The Bertz CT molecular complexity index is 1120. The number of carbonyl (C=O) groups is 2. The van der Waals surface area contributed by atoms with Gasteiger partial charge in [-0.15, -0.1) is 0 Å². The Labute approximate surface area is 152 Å². The summed E-state index contributed by atoms with van der Waals surface area (Å²) >= 11 is 0.864. The lowest BCUT2D eigenvalue weighted by molar-refractivity contribution is -0.115. The van der Waals surface area contributed by atoms with Gasteiger partial charge in [0.25, 0.3) is 11.1 Å². The zero-order valence-electron chi connectivity index (χ0n) is 13.4. The summed E-state index contributed by atoms with van der Waals surface area (Å²) in [6.07, 6.45) is 5.95. The van der Waals surface area contributed by atoms with Crippen LogP contribution in [0, 0.1) is 0 Å². The molecular weight excluding hydrogens is 352 g/mol. The highest BCUT2D eigenvalue weighted by Gasteiger charge is 2.25. The summed E-state index contributed by atoms with van der Waals surface area (Å²) in [6.45, 7) is 0.707. The topological polar surface area (TPSA) is 81.4 Å². The first kappa shape index (κ1) is 15.2. The molecule has 128 valence electrons. The lowest BCUT2D eigenvalue weighted by Gasteiger charge is -2.04. The molecule has 0 aliphatic carbocycles. The maximum Gasteiger partial charge on any atom is 0.290 e. The number of hydrogen-bond acceptors (Lipinski definition) is 6. The molecule has 0 bridgehead atoms. The lowest BCUT2D eigenvalue weighted by atomic mass is 10.0. The number of benzene rings is 1. The van der Waals surface area contributed by atoms with Gasteiger partial charge >= 0.3 is 0 Å². The standard InChI is InChI=1S/C19H12N2O4S/c22-18-16(26-19(23)21-18)7-13-6-12-8-20-9-14(17(12)25-13)10-1-2-15-11(5-10)3-4-24-15/h1-2,5-9H,3-4H2,(H,21,22,23)/b16-7+. The summed E-state index contributed by atoms with van der Waals surface area (Å²) < 4.78 is 11.5. The molecule has 1 fully saturated rings. The maximum atomic E-state index is 11.7. The number of nitrogens with one attached hydrogen (secondary N) is 1. The van der Waals surface area contributed by atoms with Gasteiger partial charge in [-0.1, -0.05) is 6.07 Å². The van der Waals surface area contributed by atoms with E-state index in [2.05, 4.69) is 16.4 Å². The molecular formula is C19H12N2O4S. The van der Waals surface area contributed by atoms with E-state index in [0.717, 1.165) is 40.4 Å². The minimum atomic E-state index is -0.405. The molecule has 3 aromatic rings. The van der Waals surface area contributed by atoms with Crippen molar-refractivity contribution in [2.24, 2.45) is 0 Å². The third kappa shape index (κ3) is 2.48. The van der Waals surface area contributed by atoms with Crippen molar-refractivity contribution in [2.45, 2.75) is 6.42 Å². The Hall–Kier alpha value is -3.06. The van der Waals surface area contributed by atoms with Gasteiger partial charge in [-0.25, -0.2) is 0 Å². The molecule has 26 heavy (non-hydrogen) atoms. The van der Waals surface area contributed by atoms with Crippen molar-refractivity contribution in [1.29, 1.82) is 0 Å². The van der Waals surface area contributed by atoms with Crippen LogP contribution in [0.1, 0.15) is 11.3 Å². The van der Waals surface area contributed by atoms with Gasteiger partial charge in [0, 0.05) is 35.8 Å². The van der Waals surface area contributed by atoms with E-state index >= 15 is 0 Å². The molecule has 2 aliphatic heterocycles. The number of aromatic nitrogens is 1. The number of nitrogens with zero attached hydrogens (tertiary/aromatic N) is 1. The van der Waals surface area contributed by atoms with Gasteiger partial charge in [-0.3, -0.25) is 19.9 Å². The second-order valence-corrected chi connectivity index (χ2v) is 7.04. The van der Waals surface area contributed by atoms with Gasteiger partial charge in [-0.05, 0) is 41.1 Å². The number of carbonyl (C=O) groups excluding carboxylic acids is 2. The number of ether oxygens (including phenoxy) is 1. The molecule has 0 spiro atoms. The van der Waals surface area contributed by atoms with Crippen molar-refractivity contribution in [3.8, 4) is 16.9 Å². The van der Waals surface area contributed by atoms with Crippen LogP contribution in [0.4, 0.5) is 4.79 Å². The van der Waals surface area contributed by atoms with E-state index in [4.69, 9.17) is 9.15 Å². The van der Waals surface area contributed by atoms with Gasteiger partial charge in [0.2, 0.25) is 0 Å². The number of amides is 2. The van der Waals surface area contributed by atoms with Crippen molar-refractivity contribution in [3.63, 3.8) is 0 Å². The number of imide groups is 1. The van der Waals surface area contributed by atoms with E-state index in [9.17, 15) is 9.59 Å². The van der Waals surface area contributed by atoms with E-state index in [-0.39, 0.29) is 5.24 Å². The summed E-state index contributed by atoms with van der Waals surface area (Å²) in [4.78, 5) is 27.6. The molecule has 1 saturated heterocycles. The highest BCUT2D eigenvalue weighted by atomic mass is 32.2. The fourth-order valence-corrected chi connectivity index (χ4v) is 3.83. The molecule has 5 rings (SSSR count). The van der Waals surface area contributed by atoms with Gasteiger partial charge in [-0.2, -0.15) is 0 Å². The Morgan fingerprint density at radius 1 is 1.19 bits per heavy atom. The Balaban J connectivity index is 1.60. The first-order valence-electron chi connectivity index (χ1n) is 8.06. The average Bonchev–Trinajstić information content (AvgIpc) is 3.32. The molecule has 6 nitrogen and oxygen atoms in total. The monoisotopic (exact) mass is 364 g/mol. The first-order chi connectivity index (χ1) is 12.7. The molecule has 2 amide bonds. The van der Waals surface area contributed by atoms with Crippen LogP contribution in [-0.4, -0.2) is 22.7 Å². The summed E-state index contributed by atoms with van der Waals surface area (Å²) in [5.41, 5.74) is 3.75. The van der Waals surface area contributed by atoms with E-state index in [1.54, 1.807) is 18.5 Å². The van der Waals surface area contributed by atoms with Crippen molar-refractivity contribution in [3.05, 3.63) is 52.9 Å². The summed E-state index contributed by atoms with van der Waals surface area (Å²) in [7, 11) is 0. The molecule has 2 aliphatic rings. The number of fused-ring (bicyclic) bond motifs is 2. The number of pyridine rings is 1. The molecule has 1 aromatic carbocycles. The predicted octanol–water partition coefficient (Wildman–Crippen LogP) is 3.75. The van der Waals surface area contributed by atoms with Crippen molar-refractivity contribution >= 4 is 40.0 Å². The van der Waals surface area contributed by atoms with Crippen LogP contribution in [0.2, 0.25) is 0 Å². The van der Waals surface area contributed by atoms with Crippen molar-refractivity contribution in [2.75, 3.05) is 6.61 Å². The molecule has 0 unspecified atom stereocenters. The fraction of sp³-hybridized carbons (Fsp3) is 0.105.